The molecule has 2 N–H and O–H groups in total. The summed E-state index contributed by atoms with van der Waals surface area (Å²) in [6, 6.07) is 3.33. The van der Waals surface area contributed by atoms with Gasteiger partial charge in [-0.15, -0.1) is 11.3 Å². The number of hydrogen-bond donors (Lipinski definition) is 1. The van der Waals surface area contributed by atoms with E-state index in [4.69, 9.17) is 5.73 Å². The summed E-state index contributed by atoms with van der Waals surface area (Å²) in [6.07, 6.45) is 4.27. The first-order valence-corrected chi connectivity index (χ1v) is 7.05. The molecule has 0 bridgehead atoms. The zero-order valence-corrected chi connectivity index (χ0v) is 11.9. The first-order valence-electron chi connectivity index (χ1n) is 6.24. The van der Waals surface area contributed by atoms with Crippen molar-refractivity contribution in [3.63, 3.8) is 0 Å². The van der Waals surface area contributed by atoms with Crippen LogP contribution < -0.4 is 5.73 Å². The Labute approximate surface area is 120 Å². The summed E-state index contributed by atoms with van der Waals surface area (Å²) in [7, 11) is 0. The maximum Gasteiger partial charge on any atom is 0.186 e. The van der Waals surface area contributed by atoms with Crippen LogP contribution in [0.15, 0.2) is 24.5 Å². The van der Waals surface area contributed by atoms with Crippen molar-refractivity contribution in [2.24, 2.45) is 5.73 Å². The van der Waals surface area contributed by atoms with E-state index in [1.807, 2.05) is 6.92 Å². The number of aromatic nitrogens is 2. The minimum Gasteiger partial charge on any atom is -0.324 e. The molecule has 104 valence electrons. The van der Waals surface area contributed by atoms with Crippen LogP contribution in [0.25, 0.3) is 0 Å². The first-order chi connectivity index (χ1) is 9.60. The molecule has 0 aliphatic rings. The lowest BCUT2D eigenvalue weighted by Crippen LogP contribution is -2.11. The minimum absolute atomic E-state index is 0.00782. The van der Waals surface area contributed by atoms with Crippen molar-refractivity contribution in [1.82, 2.24) is 9.97 Å². The van der Waals surface area contributed by atoms with Crippen LogP contribution >= 0.6 is 11.3 Å². The second-order valence-corrected chi connectivity index (χ2v) is 5.45. The van der Waals surface area contributed by atoms with Gasteiger partial charge in [-0.05, 0) is 25.5 Å². The summed E-state index contributed by atoms with van der Waals surface area (Å²) < 4.78 is 0. The molecule has 0 amide bonds. The SMILES string of the molecule is Cc1cnc(CCC(=O)c2ccc(C(=O)CN)s2)cn1. The summed E-state index contributed by atoms with van der Waals surface area (Å²) in [6.45, 7) is 1.83. The standard InChI is InChI=1S/C14H15N3O2S/c1-9-7-17-10(8-16-9)2-3-11(18)13-4-5-14(20-13)12(19)6-15/h4-5,7-8H,2-3,6,15H2,1H3. The van der Waals surface area contributed by atoms with E-state index in [0.717, 1.165) is 11.4 Å². The maximum atomic E-state index is 12.0. The Morgan fingerprint density at radius 3 is 2.45 bits per heavy atom. The lowest BCUT2D eigenvalue weighted by atomic mass is 10.1. The van der Waals surface area contributed by atoms with Gasteiger partial charge in [-0.25, -0.2) is 0 Å². The van der Waals surface area contributed by atoms with Crippen LogP contribution in [0, 0.1) is 6.92 Å². The molecule has 2 aromatic heterocycles. The van der Waals surface area contributed by atoms with E-state index in [-0.39, 0.29) is 18.1 Å². The van der Waals surface area contributed by atoms with Gasteiger partial charge in [0.2, 0.25) is 0 Å². The van der Waals surface area contributed by atoms with Crippen molar-refractivity contribution in [2.75, 3.05) is 6.54 Å². The Bertz CT molecular complexity index is 620. The molecule has 0 spiro atoms. The number of carbonyl (C=O) groups excluding carboxylic acids is 2. The third-order valence-corrected chi connectivity index (χ3v) is 3.95. The Morgan fingerprint density at radius 1 is 1.15 bits per heavy atom. The molecule has 0 radical (unpaired) electrons. The second kappa shape index (κ2) is 6.49. The molecule has 20 heavy (non-hydrogen) atoms. The lowest BCUT2D eigenvalue weighted by molar-refractivity contribution is 0.0984. The number of nitrogens with two attached hydrogens (primary N) is 1. The number of nitrogens with zero attached hydrogens (tertiary/aromatic N) is 2. The molecule has 2 aromatic rings. The summed E-state index contributed by atoms with van der Waals surface area (Å²) in [5, 5.41) is 0. The van der Waals surface area contributed by atoms with Crippen LogP contribution in [0.2, 0.25) is 0 Å². The largest absolute Gasteiger partial charge is 0.324 e. The van der Waals surface area contributed by atoms with Gasteiger partial charge in [-0.1, -0.05) is 0 Å². The van der Waals surface area contributed by atoms with Crippen molar-refractivity contribution < 1.29 is 9.59 Å². The van der Waals surface area contributed by atoms with Crippen molar-refractivity contribution in [2.45, 2.75) is 19.8 Å². The predicted octanol–water partition coefficient (Wildman–Crippen LogP) is 1.80. The molecule has 0 aliphatic carbocycles. The minimum atomic E-state index is -0.140. The van der Waals surface area contributed by atoms with Gasteiger partial charge in [0, 0.05) is 18.8 Å². The van der Waals surface area contributed by atoms with Crippen LogP contribution in [0.4, 0.5) is 0 Å². The molecular formula is C14H15N3O2S. The van der Waals surface area contributed by atoms with Crippen molar-refractivity contribution in [1.29, 1.82) is 0 Å². The van der Waals surface area contributed by atoms with Crippen molar-refractivity contribution >= 4 is 22.9 Å². The topological polar surface area (TPSA) is 85.9 Å². The zero-order valence-electron chi connectivity index (χ0n) is 11.1. The molecule has 0 saturated carbocycles. The first kappa shape index (κ1) is 14.5. The third-order valence-electron chi connectivity index (χ3n) is 2.78. The van der Waals surface area contributed by atoms with Crippen LogP contribution in [-0.2, 0) is 6.42 Å². The van der Waals surface area contributed by atoms with Gasteiger partial charge in [0.15, 0.2) is 11.6 Å². The summed E-state index contributed by atoms with van der Waals surface area (Å²) in [5.41, 5.74) is 6.93. The highest BCUT2D eigenvalue weighted by Crippen LogP contribution is 2.19. The molecule has 0 saturated heterocycles. The zero-order chi connectivity index (χ0) is 14.5. The number of thiophene rings is 1. The molecule has 5 nitrogen and oxygen atoms in total. The monoisotopic (exact) mass is 289 g/mol. The Balaban J connectivity index is 1.96. The summed E-state index contributed by atoms with van der Waals surface area (Å²) in [5.74, 6) is -0.133. The van der Waals surface area contributed by atoms with E-state index in [2.05, 4.69) is 9.97 Å². The molecule has 2 heterocycles. The smallest absolute Gasteiger partial charge is 0.186 e. The van der Waals surface area contributed by atoms with Gasteiger partial charge in [-0.2, -0.15) is 0 Å². The molecule has 0 unspecified atom stereocenters. The predicted molar refractivity (Wildman–Crippen MR) is 77.1 cm³/mol. The van der Waals surface area contributed by atoms with Crippen LogP contribution in [-0.4, -0.2) is 28.1 Å². The Kier molecular flexibility index (Phi) is 4.70. The fraction of sp³-hybridized carbons (Fsp3) is 0.286. The summed E-state index contributed by atoms with van der Waals surface area (Å²) >= 11 is 1.20. The van der Waals surface area contributed by atoms with E-state index in [1.54, 1.807) is 24.5 Å². The fourth-order valence-corrected chi connectivity index (χ4v) is 2.57. The lowest BCUT2D eigenvalue weighted by Gasteiger charge is -1.99. The number of ketones is 2. The third kappa shape index (κ3) is 3.55. The Morgan fingerprint density at radius 2 is 1.85 bits per heavy atom. The van der Waals surface area contributed by atoms with E-state index in [0.29, 0.717) is 22.6 Å². The average molecular weight is 289 g/mol. The molecule has 0 aromatic carbocycles. The van der Waals surface area contributed by atoms with Crippen molar-refractivity contribution in [3.05, 3.63) is 45.7 Å². The fourth-order valence-electron chi connectivity index (χ4n) is 1.65. The molecular weight excluding hydrogens is 274 g/mol. The normalized spacial score (nSPS) is 10.5. The molecule has 0 fully saturated rings. The van der Waals surface area contributed by atoms with E-state index in [9.17, 15) is 9.59 Å². The highest BCUT2D eigenvalue weighted by atomic mass is 32.1. The highest BCUT2D eigenvalue weighted by Gasteiger charge is 2.13. The molecule has 2 rings (SSSR count). The van der Waals surface area contributed by atoms with Gasteiger partial charge < -0.3 is 5.73 Å². The van der Waals surface area contributed by atoms with Crippen molar-refractivity contribution in [3.8, 4) is 0 Å². The van der Waals surface area contributed by atoms with E-state index in [1.165, 1.54) is 11.3 Å². The highest BCUT2D eigenvalue weighted by molar-refractivity contribution is 7.16. The van der Waals surface area contributed by atoms with Gasteiger partial charge in [-0.3, -0.25) is 19.6 Å². The second-order valence-electron chi connectivity index (χ2n) is 4.36. The Hall–Kier alpha value is -1.92. The number of hydrogen-bond acceptors (Lipinski definition) is 6. The van der Waals surface area contributed by atoms with Gasteiger partial charge >= 0.3 is 0 Å². The molecule has 6 heteroatoms. The number of Topliss-reactive ketones (excluding diaryl/α,β-unsaturated/α-hetero) is 2. The quantitative estimate of drug-likeness (QED) is 0.819. The van der Waals surface area contributed by atoms with Crippen LogP contribution in [0.3, 0.4) is 0 Å². The summed E-state index contributed by atoms with van der Waals surface area (Å²) in [4.78, 5) is 32.9. The average Bonchev–Trinajstić information content (AvgIpc) is 2.95. The molecule has 0 atom stereocenters. The van der Waals surface area contributed by atoms with Crippen LogP contribution in [0.1, 0.15) is 37.2 Å². The van der Waals surface area contributed by atoms with Gasteiger partial charge in [0.1, 0.15) is 0 Å². The van der Waals surface area contributed by atoms with Gasteiger partial charge in [0.05, 0.1) is 27.7 Å². The van der Waals surface area contributed by atoms with E-state index < -0.39 is 0 Å². The number of carbonyl (C=O) groups is 2. The van der Waals surface area contributed by atoms with Gasteiger partial charge in [0.25, 0.3) is 0 Å². The van der Waals surface area contributed by atoms with E-state index >= 15 is 0 Å². The number of rotatable bonds is 6. The maximum absolute atomic E-state index is 12.0. The molecule has 0 aliphatic heterocycles. The number of aryl methyl sites for hydroxylation is 2. The van der Waals surface area contributed by atoms with Crippen LogP contribution in [0.5, 0.6) is 0 Å².